The highest BCUT2D eigenvalue weighted by Gasteiger charge is 2.21. The van der Waals surface area contributed by atoms with E-state index in [1.54, 1.807) is 24.3 Å². The zero-order valence-corrected chi connectivity index (χ0v) is 12.6. The van der Waals surface area contributed by atoms with E-state index in [9.17, 15) is 19.2 Å². The molecular formula is C16H16O8. The molecule has 1 aromatic carbocycles. The average Bonchev–Trinajstić information content (AvgIpc) is 2.58. The van der Waals surface area contributed by atoms with Gasteiger partial charge in [0, 0.05) is 12.2 Å². The predicted molar refractivity (Wildman–Crippen MR) is 82.7 cm³/mol. The summed E-state index contributed by atoms with van der Waals surface area (Å²) in [6.45, 7) is 6.14. The lowest BCUT2D eigenvalue weighted by Crippen LogP contribution is -2.21. The van der Waals surface area contributed by atoms with Crippen LogP contribution in [0.4, 0.5) is 0 Å². The van der Waals surface area contributed by atoms with Gasteiger partial charge in [-0.15, -0.1) is 0 Å². The smallest absolute Gasteiger partial charge is 0.339 e. The van der Waals surface area contributed by atoms with Gasteiger partial charge in [0.25, 0.3) is 0 Å². The first-order chi connectivity index (χ1) is 11.3. The molecule has 1 aliphatic rings. The van der Waals surface area contributed by atoms with E-state index in [1.165, 1.54) is 0 Å². The Morgan fingerprint density at radius 1 is 0.875 bits per heavy atom. The molecule has 0 aliphatic carbocycles. The number of cyclic esters (lactones) is 2. The van der Waals surface area contributed by atoms with Gasteiger partial charge in [-0.2, -0.15) is 0 Å². The van der Waals surface area contributed by atoms with E-state index in [4.69, 9.17) is 19.7 Å². The number of carboxylic acids is 2. The van der Waals surface area contributed by atoms with Crippen LogP contribution in [0.25, 0.3) is 0 Å². The van der Waals surface area contributed by atoms with E-state index in [0.29, 0.717) is 0 Å². The Hall–Kier alpha value is -3.42. The normalized spacial score (nSPS) is 12.0. The third kappa shape index (κ3) is 8.13. The molecule has 1 aromatic rings. The van der Waals surface area contributed by atoms with E-state index in [2.05, 4.69) is 13.2 Å². The van der Waals surface area contributed by atoms with Crippen LogP contribution in [0, 0.1) is 0 Å². The van der Waals surface area contributed by atoms with Gasteiger partial charge in [0.05, 0.1) is 11.1 Å². The summed E-state index contributed by atoms with van der Waals surface area (Å²) in [5, 5.41) is 15.2. The lowest BCUT2D eigenvalue weighted by molar-refractivity contribution is -0.132. The number of carbonyl (C=O) groups excluding carboxylic acids is 2. The first kappa shape index (κ1) is 20.6. The Kier molecular flexibility index (Phi) is 9.59. The van der Waals surface area contributed by atoms with Gasteiger partial charge in [0.2, 0.25) is 0 Å². The number of esters is 2. The molecule has 1 aliphatic heterocycles. The van der Waals surface area contributed by atoms with E-state index in [1.807, 2.05) is 0 Å². The molecule has 0 radical (unpaired) electrons. The van der Waals surface area contributed by atoms with Crippen LogP contribution in [-0.4, -0.2) is 47.3 Å². The van der Waals surface area contributed by atoms with Crippen molar-refractivity contribution >= 4 is 23.9 Å². The summed E-state index contributed by atoms with van der Waals surface area (Å²) in [5.74, 6) is -2.91. The summed E-state index contributed by atoms with van der Waals surface area (Å²) < 4.78 is 9.68. The van der Waals surface area contributed by atoms with Gasteiger partial charge in [0.15, 0.2) is 0 Å². The Labute approximate surface area is 137 Å². The second kappa shape index (κ2) is 11.2. The summed E-state index contributed by atoms with van der Waals surface area (Å²) in [6.07, 6.45) is 1.67. The van der Waals surface area contributed by atoms with Crippen LogP contribution in [0.1, 0.15) is 20.7 Å². The van der Waals surface area contributed by atoms with Crippen molar-refractivity contribution < 1.29 is 38.9 Å². The van der Waals surface area contributed by atoms with Gasteiger partial charge < -0.3 is 19.7 Å². The number of hydrogen-bond donors (Lipinski definition) is 2. The van der Waals surface area contributed by atoms with Crippen LogP contribution in [0.5, 0.6) is 0 Å². The van der Waals surface area contributed by atoms with E-state index >= 15 is 0 Å². The van der Waals surface area contributed by atoms with Crippen LogP contribution < -0.4 is 0 Å². The third-order valence-electron chi connectivity index (χ3n) is 2.27. The van der Waals surface area contributed by atoms with Crippen LogP contribution in [0.15, 0.2) is 49.6 Å². The van der Waals surface area contributed by atoms with Gasteiger partial charge in [0.1, 0.15) is 13.2 Å². The van der Waals surface area contributed by atoms with Gasteiger partial charge in [-0.3, -0.25) is 0 Å². The van der Waals surface area contributed by atoms with Gasteiger partial charge in [-0.05, 0) is 12.1 Å². The van der Waals surface area contributed by atoms with Gasteiger partial charge in [-0.1, -0.05) is 25.3 Å². The predicted octanol–water partition coefficient (Wildman–Crippen LogP) is 1.53. The molecule has 0 unspecified atom stereocenters. The molecule has 128 valence electrons. The van der Waals surface area contributed by atoms with Crippen molar-refractivity contribution in [3.05, 3.63) is 60.7 Å². The number of rotatable bonds is 2. The lowest BCUT2D eigenvalue weighted by atomic mass is 10.1. The summed E-state index contributed by atoms with van der Waals surface area (Å²) in [7, 11) is 0. The first-order valence-corrected chi connectivity index (χ1v) is 6.47. The largest absolute Gasteiger partial charge is 0.478 e. The molecule has 2 rings (SSSR count). The number of carbonyl (C=O) groups is 4. The number of benzene rings is 1. The molecular weight excluding hydrogens is 320 g/mol. The second-order valence-corrected chi connectivity index (χ2v) is 3.90. The standard InChI is InChI=1S/C10H8O4.2C3H4O2/c11-9-7-3-1-2-4-8(7)10(12)14-6-5-13-9;2*1-2-3(4)5/h1-4H,5-6H2;2*2H,1H2,(H,4,5). The summed E-state index contributed by atoms with van der Waals surface area (Å²) >= 11 is 0. The van der Waals surface area contributed by atoms with Crippen molar-refractivity contribution in [3.8, 4) is 0 Å². The van der Waals surface area contributed by atoms with Crippen LogP contribution in [0.3, 0.4) is 0 Å². The maximum Gasteiger partial charge on any atom is 0.339 e. The molecule has 24 heavy (non-hydrogen) atoms. The molecule has 8 nitrogen and oxygen atoms in total. The van der Waals surface area contributed by atoms with Crippen molar-refractivity contribution in [3.63, 3.8) is 0 Å². The highest BCUT2D eigenvalue weighted by molar-refractivity contribution is 6.03. The maximum absolute atomic E-state index is 11.4. The SMILES string of the molecule is C=CC(=O)O.C=CC(=O)O.O=C1OCCOC(=O)c2ccccc21. The molecule has 8 heteroatoms. The average molecular weight is 336 g/mol. The topological polar surface area (TPSA) is 127 Å². The maximum atomic E-state index is 11.4. The fraction of sp³-hybridized carbons (Fsp3) is 0.125. The van der Waals surface area contributed by atoms with Crippen molar-refractivity contribution in [2.45, 2.75) is 0 Å². The Morgan fingerprint density at radius 2 is 1.17 bits per heavy atom. The molecule has 0 saturated heterocycles. The monoisotopic (exact) mass is 336 g/mol. The summed E-state index contributed by atoms with van der Waals surface area (Å²) in [6, 6.07) is 6.44. The highest BCUT2D eigenvalue weighted by Crippen LogP contribution is 2.13. The number of carboxylic acid groups (broad SMARTS) is 2. The molecule has 0 spiro atoms. The molecule has 2 N–H and O–H groups in total. The lowest BCUT2D eigenvalue weighted by Gasteiger charge is -2.13. The number of aliphatic carboxylic acids is 2. The van der Waals surface area contributed by atoms with E-state index < -0.39 is 23.9 Å². The molecule has 0 fully saturated rings. The molecule has 1 heterocycles. The molecule has 0 bridgehead atoms. The number of fused-ring (bicyclic) bond motifs is 1. The van der Waals surface area contributed by atoms with Crippen LogP contribution in [0.2, 0.25) is 0 Å². The van der Waals surface area contributed by atoms with Crippen LogP contribution in [-0.2, 0) is 19.1 Å². The van der Waals surface area contributed by atoms with Crippen molar-refractivity contribution in [2.24, 2.45) is 0 Å². The minimum atomic E-state index is -0.981. The second-order valence-electron chi connectivity index (χ2n) is 3.90. The fourth-order valence-electron chi connectivity index (χ4n) is 1.26. The summed E-state index contributed by atoms with van der Waals surface area (Å²) in [5.41, 5.74) is 0.523. The number of hydrogen-bond acceptors (Lipinski definition) is 6. The minimum absolute atomic E-state index is 0.110. The van der Waals surface area contributed by atoms with Crippen molar-refractivity contribution in [1.82, 2.24) is 0 Å². The van der Waals surface area contributed by atoms with E-state index in [0.717, 1.165) is 12.2 Å². The third-order valence-corrected chi connectivity index (χ3v) is 2.27. The quantitative estimate of drug-likeness (QED) is 0.615. The van der Waals surface area contributed by atoms with E-state index in [-0.39, 0.29) is 24.3 Å². The van der Waals surface area contributed by atoms with Crippen molar-refractivity contribution in [2.75, 3.05) is 13.2 Å². The highest BCUT2D eigenvalue weighted by atomic mass is 16.6. The number of ether oxygens (including phenoxy) is 2. The molecule has 0 aromatic heterocycles. The minimum Gasteiger partial charge on any atom is -0.478 e. The molecule has 0 atom stereocenters. The zero-order valence-electron chi connectivity index (χ0n) is 12.6. The zero-order chi connectivity index (χ0) is 18.5. The Bertz CT molecular complexity index is 578. The van der Waals surface area contributed by atoms with Gasteiger partial charge >= 0.3 is 23.9 Å². The molecule has 0 amide bonds. The van der Waals surface area contributed by atoms with Crippen molar-refractivity contribution in [1.29, 1.82) is 0 Å². The fourth-order valence-corrected chi connectivity index (χ4v) is 1.26. The summed E-state index contributed by atoms with van der Waals surface area (Å²) in [4.78, 5) is 41.2. The Balaban J connectivity index is 0.000000442. The van der Waals surface area contributed by atoms with Crippen LogP contribution >= 0.6 is 0 Å². The van der Waals surface area contributed by atoms with Gasteiger partial charge in [-0.25, -0.2) is 19.2 Å². The Morgan fingerprint density at radius 3 is 1.42 bits per heavy atom. The first-order valence-electron chi connectivity index (χ1n) is 6.47. The molecule has 0 saturated carbocycles.